The van der Waals surface area contributed by atoms with Crippen molar-refractivity contribution >= 4 is 17.4 Å². The molecular formula is C14H17NO3. The third-order valence-electron chi connectivity index (χ3n) is 3.24. The summed E-state index contributed by atoms with van der Waals surface area (Å²) in [5.41, 5.74) is 1.32. The SMILES string of the molecule is COC(=O)c1ccccc1NC1CCC(=O)CC1. The van der Waals surface area contributed by atoms with Gasteiger partial charge < -0.3 is 10.1 Å². The van der Waals surface area contributed by atoms with Gasteiger partial charge in [-0.2, -0.15) is 0 Å². The van der Waals surface area contributed by atoms with Gasteiger partial charge >= 0.3 is 5.97 Å². The number of benzene rings is 1. The van der Waals surface area contributed by atoms with E-state index in [2.05, 4.69) is 5.32 Å². The molecule has 2 rings (SSSR count). The fourth-order valence-electron chi connectivity index (χ4n) is 2.20. The first-order valence-electron chi connectivity index (χ1n) is 6.16. The number of Topliss-reactive ketones (excluding diaryl/α,β-unsaturated/α-hetero) is 1. The molecule has 0 radical (unpaired) electrons. The molecule has 4 heteroatoms. The smallest absolute Gasteiger partial charge is 0.339 e. The standard InChI is InChI=1S/C14H17NO3/c1-18-14(17)12-4-2-3-5-13(12)15-10-6-8-11(16)9-7-10/h2-5,10,15H,6-9H2,1H3. The van der Waals surface area contributed by atoms with E-state index < -0.39 is 0 Å². The van der Waals surface area contributed by atoms with Crippen LogP contribution in [-0.4, -0.2) is 24.9 Å². The molecule has 96 valence electrons. The minimum absolute atomic E-state index is 0.258. The number of anilines is 1. The highest BCUT2D eigenvalue weighted by atomic mass is 16.5. The van der Waals surface area contributed by atoms with Crippen LogP contribution in [0.15, 0.2) is 24.3 Å². The molecule has 4 nitrogen and oxygen atoms in total. The highest BCUT2D eigenvalue weighted by Crippen LogP contribution is 2.22. The summed E-state index contributed by atoms with van der Waals surface area (Å²) in [5.74, 6) is -0.0145. The summed E-state index contributed by atoms with van der Waals surface area (Å²) in [4.78, 5) is 22.8. The zero-order valence-electron chi connectivity index (χ0n) is 10.4. The van der Waals surface area contributed by atoms with Gasteiger partial charge in [0.25, 0.3) is 0 Å². The van der Waals surface area contributed by atoms with Gasteiger partial charge in [-0.25, -0.2) is 4.79 Å². The Labute approximate surface area is 106 Å². The topological polar surface area (TPSA) is 55.4 Å². The fourth-order valence-corrected chi connectivity index (χ4v) is 2.20. The maximum atomic E-state index is 11.6. The molecule has 0 atom stereocenters. The number of nitrogens with one attached hydrogen (secondary N) is 1. The summed E-state index contributed by atoms with van der Waals surface area (Å²) >= 11 is 0. The van der Waals surface area contributed by atoms with Crippen molar-refractivity contribution < 1.29 is 14.3 Å². The molecule has 1 saturated carbocycles. The van der Waals surface area contributed by atoms with Crippen LogP contribution in [0.1, 0.15) is 36.0 Å². The molecule has 1 aromatic rings. The number of rotatable bonds is 3. The van der Waals surface area contributed by atoms with E-state index in [1.54, 1.807) is 6.07 Å². The van der Waals surface area contributed by atoms with Gasteiger partial charge in [-0.3, -0.25) is 4.79 Å². The normalized spacial score (nSPS) is 16.4. The number of methoxy groups -OCH3 is 1. The number of carbonyl (C=O) groups excluding carboxylic acids is 2. The number of ketones is 1. The second kappa shape index (κ2) is 5.67. The van der Waals surface area contributed by atoms with Gasteiger partial charge in [0.15, 0.2) is 0 Å². The Hall–Kier alpha value is -1.84. The molecule has 0 saturated heterocycles. The van der Waals surface area contributed by atoms with Crippen LogP contribution >= 0.6 is 0 Å². The van der Waals surface area contributed by atoms with Crippen LogP contribution in [0.5, 0.6) is 0 Å². The van der Waals surface area contributed by atoms with Crippen LogP contribution in [0, 0.1) is 0 Å². The minimum Gasteiger partial charge on any atom is -0.465 e. The third-order valence-corrected chi connectivity index (χ3v) is 3.24. The van der Waals surface area contributed by atoms with Crippen LogP contribution in [0.3, 0.4) is 0 Å². The van der Waals surface area contributed by atoms with Crippen molar-refractivity contribution in [3.63, 3.8) is 0 Å². The van der Waals surface area contributed by atoms with Gasteiger partial charge in [0.2, 0.25) is 0 Å². The molecule has 0 aliphatic heterocycles. The number of hydrogen-bond donors (Lipinski definition) is 1. The highest BCUT2D eigenvalue weighted by molar-refractivity contribution is 5.95. The van der Waals surface area contributed by atoms with Crippen LogP contribution < -0.4 is 5.32 Å². The number of ether oxygens (including phenoxy) is 1. The lowest BCUT2D eigenvalue weighted by molar-refractivity contribution is -0.120. The van der Waals surface area contributed by atoms with E-state index in [0.29, 0.717) is 24.2 Å². The first kappa shape index (κ1) is 12.6. The Bertz CT molecular complexity index is 446. The largest absolute Gasteiger partial charge is 0.465 e. The number of hydrogen-bond acceptors (Lipinski definition) is 4. The van der Waals surface area contributed by atoms with Crippen molar-refractivity contribution in [1.29, 1.82) is 0 Å². The molecule has 0 heterocycles. The summed E-state index contributed by atoms with van der Waals surface area (Å²) in [6.07, 6.45) is 2.90. The first-order valence-corrected chi connectivity index (χ1v) is 6.16. The van der Waals surface area contributed by atoms with E-state index in [1.807, 2.05) is 18.2 Å². The van der Waals surface area contributed by atoms with Crippen molar-refractivity contribution in [3.8, 4) is 0 Å². The molecule has 1 aliphatic rings. The van der Waals surface area contributed by atoms with E-state index in [0.717, 1.165) is 18.5 Å². The number of carbonyl (C=O) groups is 2. The van der Waals surface area contributed by atoms with E-state index >= 15 is 0 Å². The molecule has 0 bridgehead atoms. The maximum absolute atomic E-state index is 11.6. The second-order valence-electron chi connectivity index (χ2n) is 4.49. The van der Waals surface area contributed by atoms with Gasteiger partial charge in [-0.15, -0.1) is 0 Å². The second-order valence-corrected chi connectivity index (χ2v) is 4.49. The molecule has 0 spiro atoms. The molecule has 1 aliphatic carbocycles. The summed E-state index contributed by atoms with van der Waals surface area (Å²) < 4.78 is 4.75. The molecule has 0 unspecified atom stereocenters. The minimum atomic E-state index is -0.343. The Kier molecular flexibility index (Phi) is 3.97. The zero-order valence-corrected chi connectivity index (χ0v) is 10.4. The van der Waals surface area contributed by atoms with Crippen molar-refractivity contribution in [2.24, 2.45) is 0 Å². The van der Waals surface area contributed by atoms with Crippen molar-refractivity contribution in [2.75, 3.05) is 12.4 Å². The van der Waals surface area contributed by atoms with Crippen LogP contribution in [0.4, 0.5) is 5.69 Å². The van der Waals surface area contributed by atoms with Gasteiger partial charge in [0.1, 0.15) is 5.78 Å². The Morgan fingerprint density at radius 1 is 1.28 bits per heavy atom. The molecular weight excluding hydrogens is 230 g/mol. The highest BCUT2D eigenvalue weighted by Gasteiger charge is 2.20. The summed E-state index contributed by atoms with van der Waals surface area (Å²) in [7, 11) is 1.37. The predicted octanol–water partition coefficient (Wildman–Crippen LogP) is 2.40. The average molecular weight is 247 g/mol. The summed E-state index contributed by atoms with van der Waals surface area (Å²) in [6, 6.07) is 7.54. The quantitative estimate of drug-likeness (QED) is 0.833. The Balaban J connectivity index is 2.09. The van der Waals surface area contributed by atoms with E-state index in [1.165, 1.54) is 7.11 Å². The predicted molar refractivity (Wildman–Crippen MR) is 68.7 cm³/mol. The molecule has 1 fully saturated rings. The molecule has 1 N–H and O–H groups in total. The molecule has 1 aromatic carbocycles. The van der Waals surface area contributed by atoms with Crippen LogP contribution in [0.2, 0.25) is 0 Å². The molecule has 0 aromatic heterocycles. The van der Waals surface area contributed by atoms with E-state index in [-0.39, 0.29) is 12.0 Å². The Morgan fingerprint density at radius 2 is 1.94 bits per heavy atom. The average Bonchev–Trinajstić information content (AvgIpc) is 2.41. The van der Waals surface area contributed by atoms with Crippen molar-refractivity contribution in [3.05, 3.63) is 29.8 Å². The number of esters is 1. The Morgan fingerprint density at radius 3 is 2.61 bits per heavy atom. The third kappa shape index (κ3) is 2.88. The lowest BCUT2D eigenvalue weighted by Crippen LogP contribution is -2.26. The summed E-state index contributed by atoms with van der Waals surface area (Å²) in [5, 5.41) is 3.33. The monoisotopic (exact) mass is 247 g/mol. The van der Waals surface area contributed by atoms with E-state index in [4.69, 9.17) is 4.74 Å². The molecule has 0 amide bonds. The van der Waals surface area contributed by atoms with E-state index in [9.17, 15) is 9.59 Å². The van der Waals surface area contributed by atoms with Gasteiger partial charge in [-0.1, -0.05) is 12.1 Å². The van der Waals surface area contributed by atoms with Gasteiger partial charge in [0, 0.05) is 24.6 Å². The van der Waals surface area contributed by atoms with Crippen molar-refractivity contribution in [1.82, 2.24) is 0 Å². The lowest BCUT2D eigenvalue weighted by atomic mass is 9.94. The molecule has 18 heavy (non-hydrogen) atoms. The van der Waals surface area contributed by atoms with Crippen LogP contribution in [0.25, 0.3) is 0 Å². The first-order chi connectivity index (χ1) is 8.70. The zero-order chi connectivity index (χ0) is 13.0. The number of para-hydroxylation sites is 1. The fraction of sp³-hybridized carbons (Fsp3) is 0.429. The van der Waals surface area contributed by atoms with Crippen LogP contribution in [-0.2, 0) is 9.53 Å². The maximum Gasteiger partial charge on any atom is 0.339 e. The lowest BCUT2D eigenvalue weighted by Gasteiger charge is -2.24. The van der Waals surface area contributed by atoms with Gasteiger partial charge in [-0.05, 0) is 25.0 Å². The van der Waals surface area contributed by atoms with Gasteiger partial charge in [0.05, 0.1) is 12.7 Å². The van der Waals surface area contributed by atoms with Crippen molar-refractivity contribution in [2.45, 2.75) is 31.7 Å². The summed E-state index contributed by atoms with van der Waals surface area (Å²) in [6.45, 7) is 0.